The monoisotopic (exact) mass is 322 g/mol. The second-order valence-electron chi connectivity index (χ2n) is 7.20. The number of nitrogens with two attached hydrogens (primary N) is 1. The van der Waals surface area contributed by atoms with Crippen molar-refractivity contribution in [3.8, 4) is 0 Å². The van der Waals surface area contributed by atoms with Gasteiger partial charge in [0.05, 0.1) is 0 Å². The molecule has 1 aliphatic carbocycles. The molecule has 1 spiro atoms. The van der Waals surface area contributed by atoms with Crippen molar-refractivity contribution in [1.82, 2.24) is 15.1 Å². The van der Waals surface area contributed by atoms with Gasteiger partial charge in [-0.05, 0) is 38.6 Å². The van der Waals surface area contributed by atoms with E-state index in [2.05, 4.69) is 5.32 Å². The Balaban J connectivity index is 1.67. The number of imide groups is 1. The number of likely N-dealkylation sites (tertiary alicyclic amines) is 1. The lowest BCUT2D eigenvalue weighted by Crippen LogP contribution is -2.49. The van der Waals surface area contributed by atoms with Crippen molar-refractivity contribution in [2.45, 2.75) is 57.0 Å². The number of carbonyl (C=O) groups excluding carboxylic acids is 3. The molecule has 1 saturated carbocycles. The topological polar surface area (TPSA) is 95.7 Å². The quantitative estimate of drug-likeness (QED) is 0.737. The molecular formula is C16H26N4O3. The average Bonchev–Trinajstić information content (AvgIpc) is 3.02. The Kier molecular flexibility index (Phi) is 4.31. The Labute approximate surface area is 136 Å². The van der Waals surface area contributed by atoms with E-state index in [9.17, 15) is 14.4 Å². The van der Waals surface area contributed by atoms with Crippen LogP contribution in [-0.2, 0) is 9.59 Å². The molecular weight excluding hydrogens is 296 g/mol. The fraction of sp³-hybridized carbons (Fsp3) is 0.812. The molecule has 2 heterocycles. The Morgan fingerprint density at radius 2 is 2.00 bits per heavy atom. The number of carbonyl (C=O) groups is 3. The van der Waals surface area contributed by atoms with Gasteiger partial charge in [0.25, 0.3) is 5.91 Å². The van der Waals surface area contributed by atoms with Crippen molar-refractivity contribution in [3.63, 3.8) is 0 Å². The summed E-state index contributed by atoms with van der Waals surface area (Å²) in [7, 11) is 0. The molecule has 0 bridgehead atoms. The Bertz CT molecular complexity index is 515. The van der Waals surface area contributed by atoms with E-state index >= 15 is 0 Å². The van der Waals surface area contributed by atoms with Crippen LogP contribution >= 0.6 is 0 Å². The molecule has 0 aromatic heterocycles. The normalized spacial score (nSPS) is 30.2. The number of amides is 4. The lowest BCUT2D eigenvalue weighted by atomic mass is 9.82. The van der Waals surface area contributed by atoms with Crippen LogP contribution in [0, 0.1) is 5.92 Å². The minimum atomic E-state index is -0.758. The highest BCUT2D eigenvalue weighted by Crippen LogP contribution is 2.33. The minimum Gasteiger partial charge on any atom is -0.338 e. The van der Waals surface area contributed by atoms with E-state index in [-0.39, 0.29) is 24.4 Å². The number of rotatable bonds is 3. The lowest BCUT2D eigenvalue weighted by Gasteiger charge is -2.30. The average molecular weight is 322 g/mol. The smallest absolute Gasteiger partial charge is 0.325 e. The predicted octanol–water partition coefficient (Wildman–Crippen LogP) is 0.437. The first-order chi connectivity index (χ1) is 11.0. The van der Waals surface area contributed by atoms with Gasteiger partial charge in [0, 0.05) is 12.6 Å². The SMILES string of the molecule is CC1CC(CN)CN1C(=O)CN1C(=O)NC2(CCCCC2)C1=O. The molecule has 2 unspecified atom stereocenters. The van der Waals surface area contributed by atoms with E-state index in [1.54, 1.807) is 4.90 Å². The van der Waals surface area contributed by atoms with Gasteiger partial charge in [-0.1, -0.05) is 19.3 Å². The maximum atomic E-state index is 12.7. The zero-order chi connectivity index (χ0) is 16.6. The molecule has 0 aromatic rings. The molecule has 2 atom stereocenters. The van der Waals surface area contributed by atoms with Crippen molar-refractivity contribution < 1.29 is 14.4 Å². The van der Waals surface area contributed by atoms with Crippen LogP contribution in [0.4, 0.5) is 4.79 Å². The number of hydrogen-bond donors (Lipinski definition) is 2. The van der Waals surface area contributed by atoms with Crippen LogP contribution in [0.5, 0.6) is 0 Å². The van der Waals surface area contributed by atoms with E-state index in [0.717, 1.165) is 30.6 Å². The van der Waals surface area contributed by atoms with Gasteiger partial charge in [0.2, 0.25) is 5.91 Å². The summed E-state index contributed by atoms with van der Waals surface area (Å²) in [5, 5.41) is 2.84. The summed E-state index contributed by atoms with van der Waals surface area (Å²) in [6, 6.07) is -0.312. The fourth-order valence-electron chi connectivity index (χ4n) is 4.20. The highest BCUT2D eigenvalue weighted by Gasteiger charge is 2.52. The molecule has 7 heteroatoms. The molecule has 3 aliphatic rings. The third-order valence-corrected chi connectivity index (χ3v) is 5.56. The second kappa shape index (κ2) is 6.11. The van der Waals surface area contributed by atoms with Crippen LogP contribution in [0.15, 0.2) is 0 Å². The zero-order valence-corrected chi connectivity index (χ0v) is 13.7. The maximum Gasteiger partial charge on any atom is 0.325 e. The molecule has 0 radical (unpaired) electrons. The maximum absolute atomic E-state index is 12.7. The van der Waals surface area contributed by atoms with E-state index in [0.29, 0.717) is 31.8 Å². The molecule has 0 aromatic carbocycles. The summed E-state index contributed by atoms with van der Waals surface area (Å²) in [6.45, 7) is 3.00. The molecule has 3 rings (SSSR count). The van der Waals surface area contributed by atoms with Gasteiger partial charge in [-0.3, -0.25) is 14.5 Å². The van der Waals surface area contributed by atoms with Crippen LogP contribution in [0.2, 0.25) is 0 Å². The molecule has 2 aliphatic heterocycles. The number of urea groups is 1. The summed E-state index contributed by atoms with van der Waals surface area (Å²) < 4.78 is 0. The Hall–Kier alpha value is -1.63. The van der Waals surface area contributed by atoms with Crippen LogP contribution in [-0.4, -0.2) is 58.9 Å². The van der Waals surface area contributed by atoms with Gasteiger partial charge < -0.3 is 16.0 Å². The van der Waals surface area contributed by atoms with Gasteiger partial charge in [-0.15, -0.1) is 0 Å². The molecule has 128 valence electrons. The summed E-state index contributed by atoms with van der Waals surface area (Å²) in [4.78, 5) is 40.3. The molecule has 3 fully saturated rings. The molecule has 3 N–H and O–H groups in total. The fourth-order valence-corrected chi connectivity index (χ4v) is 4.20. The van der Waals surface area contributed by atoms with E-state index in [1.165, 1.54) is 0 Å². The highest BCUT2D eigenvalue weighted by atomic mass is 16.2. The van der Waals surface area contributed by atoms with Crippen LogP contribution in [0.3, 0.4) is 0 Å². The van der Waals surface area contributed by atoms with Crippen molar-refractivity contribution in [2.75, 3.05) is 19.6 Å². The van der Waals surface area contributed by atoms with Gasteiger partial charge in [0.1, 0.15) is 12.1 Å². The van der Waals surface area contributed by atoms with Crippen molar-refractivity contribution >= 4 is 17.8 Å². The van der Waals surface area contributed by atoms with E-state index < -0.39 is 11.6 Å². The molecule has 2 saturated heterocycles. The summed E-state index contributed by atoms with van der Waals surface area (Å²) in [5.41, 5.74) is 4.93. The summed E-state index contributed by atoms with van der Waals surface area (Å²) >= 11 is 0. The summed E-state index contributed by atoms with van der Waals surface area (Å²) in [6.07, 6.45) is 5.21. The minimum absolute atomic E-state index is 0.112. The lowest BCUT2D eigenvalue weighted by molar-refractivity contribution is -0.139. The van der Waals surface area contributed by atoms with Gasteiger partial charge in [-0.2, -0.15) is 0 Å². The van der Waals surface area contributed by atoms with E-state index in [4.69, 9.17) is 5.73 Å². The van der Waals surface area contributed by atoms with Gasteiger partial charge in [0.15, 0.2) is 0 Å². The number of hydrogen-bond acceptors (Lipinski definition) is 4. The molecule has 7 nitrogen and oxygen atoms in total. The zero-order valence-electron chi connectivity index (χ0n) is 13.7. The van der Waals surface area contributed by atoms with Gasteiger partial charge in [-0.25, -0.2) is 4.79 Å². The largest absolute Gasteiger partial charge is 0.338 e. The number of nitrogens with one attached hydrogen (secondary N) is 1. The van der Waals surface area contributed by atoms with Crippen molar-refractivity contribution in [1.29, 1.82) is 0 Å². The van der Waals surface area contributed by atoms with E-state index in [1.807, 2.05) is 6.92 Å². The third kappa shape index (κ3) is 2.82. The Morgan fingerprint density at radius 1 is 1.30 bits per heavy atom. The summed E-state index contributed by atoms with van der Waals surface area (Å²) in [5.74, 6) is -0.0793. The van der Waals surface area contributed by atoms with Gasteiger partial charge >= 0.3 is 6.03 Å². The second-order valence-corrected chi connectivity index (χ2v) is 7.20. The Morgan fingerprint density at radius 3 is 2.61 bits per heavy atom. The first kappa shape index (κ1) is 16.2. The first-order valence-corrected chi connectivity index (χ1v) is 8.60. The van der Waals surface area contributed by atoms with Crippen molar-refractivity contribution in [2.24, 2.45) is 11.7 Å². The highest BCUT2D eigenvalue weighted by molar-refractivity contribution is 6.09. The number of nitrogens with zero attached hydrogens (tertiary/aromatic N) is 2. The van der Waals surface area contributed by atoms with Crippen LogP contribution in [0.25, 0.3) is 0 Å². The molecule has 4 amide bonds. The van der Waals surface area contributed by atoms with Crippen LogP contribution in [0.1, 0.15) is 45.4 Å². The standard InChI is InChI=1S/C16H26N4O3/c1-11-7-12(8-17)9-19(11)13(21)10-20-14(22)16(18-15(20)23)5-3-2-4-6-16/h11-12H,2-10,17H2,1H3,(H,18,23). The predicted molar refractivity (Wildman–Crippen MR) is 84.4 cm³/mol. The molecule has 23 heavy (non-hydrogen) atoms. The van der Waals surface area contributed by atoms with Crippen LogP contribution < -0.4 is 11.1 Å². The first-order valence-electron chi connectivity index (χ1n) is 8.60. The third-order valence-electron chi connectivity index (χ3n) is 5.56. The van der Waals surface area contributed by atoms with Crippen molar-refractivity contribution in [3.05, 3.63) is 0 Å².